The Bertz CT molecular complexity index is 234. The van der Waals surface area contributed by atoms with Crippen molar-refractivity contribution < 1.29 is 4.79 Å². The van der Waals surface area contributed by atoms with Crippen molar-refractivity contribution in [3.05, 3.63) is 0 Å². The van der Waals surface area contributed by atoms with Gasteiger partial charge in [0.1, 0.15) is 0 Å². The van der Waals surface area contributed by atoms with Crippen LogP contribution in [-0.2, 0) is 4.79 Å². The first kappa shape index (κ1) is 14.5. The number of nitrogens with one attached hydrogen (secondary N) is 2. The van der Waals surface area contributed by atoms with Gasteiger partial charge in [-0.15, -0.1) is 0 Å². The maximum Gasteiger partial charge on any atom is 0.227 e. The minimum atomic E-state index is -0.178. The molecule has 0 aromatic carbocycles. The van der Waals surface area contributed by atoms with Crippen LogP contribution in [0.25, 0.3) is 0 Å². The zero-order valence-corrected chi connectivity index (χ0v) is 11.6. The summed E-state index contributed by atoms with van der Waals surface area (Å²) in [5.74, 6) is 0.884. The van der Waals surface area contributed by atoms with E-state index in [-0.39, 0.29) is 11.3 Å². The molecule has 1 aliphatic heterocycles. The van der Waals surface area contributed by atoms with Crippen molar-refractivity contribution in [3.63, 3.8) is 0 Å². The lowest BCUT2D eigenvalue weighted by atomic mass is 9.88. The van der Waals surface area contributed by atoms with Crippen LogP contribution in [0.1, 0.15) is 52.9 Å². The number of rotatable bonds is 7. The summed E-state index contributed by atoms with van der Waals surface area (Å²) < 4.78 is 0. The third kappa shape index (κ3) is 4.30. The minimum absolute atomic E-state index is 0.178. The van der Waals surface area contributed by atoms with E-state index >= 15 is 0 Å². The molecule has 3 heteroatoms. The molecule has 2 N–H and O–H groups in total. The molecular formula is C14H28N2O. The summed E-state index contributed by atoms with van der Waals surface area (Å²) in [6, 6.07) is 0. The molecule has 3 nitrogen and oxygen atoms in total. The van der Waals surface area contributed by atoms with E-state index in [2.05, 4.69) is 31.4 Å². The molecule has 1 rings (SSSR count). The van der Waals surface area contributed by atoms with Gasteiger partial charge < -0.3 is 10.6 Å². The number of unbranched alkanes of at least 4 members (excludes halogenated alkanes) is 1. The quantitative estimate of drug-likeness (QED) is 0.717. The van der Waals surface area contributed by atoms with E-state index in [9.17, 15) is 4.79 Å². The van der Waals surface area contributed by atoms with Crippen LogP contribution in [0, 0.1) is 11.3 Å². The molecule has 1 fully saturated rings. The van der Waals surface area contributed by atoms with E-state index in [1.165, 1.54) is 19.3 Å². The molecule has 0 aromatic heterocycles. The highest BCUT2D eigenvalue weighted by molar-refractivity contribution is 5.82. The number of amides is 1. The third-order valence-corrected chi connectivity index (χ3v) is 4.01. The average molecular weight is 240 g/mol. The summed E-state index contributed by atoms with van der Waals surface area (Å²) in [5.41, 5.74) is -0.178. The maximum absolute atomic E-state index is 12.1. The Balaban J connectivity index is 2.30. The monoisotopic (exact) mass is 240 g/mol. The SMILES string of the molecule is CCCCC(CC)CNC(=O)C1(C)CCNC1. The Hall–Kier alpha value is -0.570. The van der Waals surface area contributed by atoms with Gasteiger partial charge in [-0.25, -0.2) is 0 Å². The van der Waals surface area contributed by atoms with Gasteiger partial charge in [-0.2, -0.15) is 0 Å². The van der Waals surface area contributed by atoms with E-state index in [1.807, 2.05) is 0 Å². The van der Waals surface area contributed by atoms with Gasteiger partial charge in [-0.05, 0) is 32.2 Å². The van der Waals surface area contributed by atoms with Gasteiger partial charge in [-0.1, -0.05) is 33.1 Å². The first-order valence-corrected chi connectivity index (χ1v) is 7.11. The van der Waals surface area contributed by atoms with Crippen molar-refractivity contribution in [2.45, 2.75) is 52.9 Å². The van der Waals surface area contributed by atoms with Crippen molar-refractivity contribution >= 4 is 5.91 Å². The van der Waals surface area contributed by atoms with E-state index in [0.29, 0.717) is 5.92 Å². The molecule has 0 bridgehead atoms. The lowest BCUT2D eigenvalue weighted by Gasteiger charge is -2.23. The van der Waals surface area contributed by atoms with Gasteiger partial charge in [0.05, 0.1) is 5.41 Å². The lowest BCUT2D eigenvalue weighted by Crippen LogP contribution is -2.42. The van der Waals surface area contributed by atoms with Gasteiger partial charge in [0.2, 0.25) is 5.91 Å². The Labute approximate surface area is 106 Å². The summed E-state index contributed by atoms with van der Waals surface area (Å²) in [6.45, 7) is 9.14. The van der Waals surface area contributed by atoms with Gasteiger partial charge in [-0.3, -0.25) is 4.79 Å². The molecule has 0 aliphatic carbocycles. The van der Waals surface area contributed by atoms with Crippen molar-refractivity contribution in [1.29, 1.82) is 0 Å². The van der Waals surface area contributed by atoms with Crippen molar-refractivity contribution in [3.8, 4) is 0 Å². The Morgan fingerprint density at radius 1 is 1.47 bits per heavy atom. The average Bonchev–Trinajstić information content (AvgIpc) is 2.77. The highest BCUT2D eigenvalue weighted by atomic mass is 16.2. The molecule has 0 saturated carbocycles. The highest BCUT2D eigenvalue weighted by Gasteiger charge is 2.36. The number of carbonyl (C=O) groups excluding carboxylic acids is 1. The summed E-state index contributed by atoms with van der Waals surface area (Å²) in [6.07, 6.45) is 5.88. The molecule has 1 amide bonds. The zero-order valence-electron chi connectivity index (χ0n) is 11.6. The molecule has 17 heavy (non-hydrogen) atoms. The molecule has 1 heterocycles. The summed E-state index contributed by atoms with van der Waals surface area (Å²) >= 11 is 0. The second-order valence-corrected chi connectivity index (χ2v) is 5.61. The molecule has 2 atom stereocenters. The van der Waals surface area contributed by atoms with Gasteiger partial charge >= 0.3 is 0 Å². The van der Waals surface area contributed by atoms with Gasteiger partial charge in [0, 0.05) is 13.1 Å². The first-order chi connectivity index (χ1) is 8.12. The molecule has 1 aliphatic rings. The van der Waals surface area contributed by atoms with E-state index in [4.69, 9.17) is 0 Å². The van der Waals surface area contributed by atoms with E-state index in [0.717, 1.165) is 32.5 Å². The highest BCUT2D eigenvalue weighted by Crippen LogP contribution is 2.24. The van der Waals surface area contributed by atoms with Gasteiger partial charge in [0.15, 0.2) is 0 Å². The largest absolute Gasteiger partial charge is 0.355 e. The summed E-state index contributed by atoms with van der Waals surface area (Å²) in [5, 5.41) is 6.41. The van der Waals surface area contributed by atoms with Crippen LogP contribution in [0.15, 0.2) is 0 Å². The van der Waals surface area contributed by atoms with Crippen LogP contribution in [0.3, 0.4) is 0 Å². The molecule has 100 valence electrons. The number of hydrogen-bond donors (Lipinski definition) is 2. The molecule has 2 unspecified atom stereocenters. The molecule has 0 radical (unpaired) electrons. The lowest BCUT2D eigenvalue weighted by molar-refractivity contribution is -0.129. The number of hydrogen-bond acceptors (Lipinski definition) is 2. The molecule has 0 spiro atoms. The maximum atomic E-state index is 12.1. The Morgan fingerprint density at radius 2 is 2.24 bits per heavy atom. The topological polar surface area (TPSA) is 41.1 Å². The minimum Gasteiger partial charge on any atom is -0.355 e. The van der Waals surface area contributed by atoms with Crippen LogP contribution < -0.4 is 10.6 Å². The predicted molar refractivity (Wildman–Crippen MR) is 71.9 cm³/mol. The fourth-order valence-electron chi connectivity index (χ4n) is 2.40. The Kier molecular flexibility index (Phi) is 5.96. The first-order valence-electron chi connectivity index (χ1n) is 7.11. The Morgan fingerprint density at radius 3 is 2.76 bits per heavy atom. The smallest absolute Gasteiger partial charge is 0.227 e. The van der Waals surface area contributed by atoms with Crippen molar-refractivity contribution in [2.75, 3.05) is 19.6 Å². The molecule has 1 saturated heterocycles. The van der Waals surface area contributed by atoms with E-state index < -0.39 is 0 Å². The van der Waals surface area contributed by atoms with Gasteiger partial charge in [0.25, 0.3) is 0 Å². The fourth-order valence-corrected chi connectivity index (χ4v) is 2.40. The molecular weight excluding hydrogens is 212 g/mol. The van der Waals surface area contributed by atoms with Crippen LogP contribution >= 0.6 is 0 Å². The van der Waals surface area contributed by atoms with Crippen LogP contribution in [0.4, 0.5) is 0 Å². The second-order valence-electron chi connectivity index (χ2n) is 5.61. The van der Waals surface area contributed by atoms with Crippen LogP contribution in [0.5, 0.6) is 0 Å². The fraction of sp³-hybridized carbons (Fsp3) is 0.929. The normalized spacial score (nSPS) is 25.8. The predicted octanol–water partition coefficient (Wildman–Crippen LogP) is 2.32. The third-order valence-electron chi connectivity index (χ3n) is 4.01. The second kappa shape index (κ2) is 7.00. The van der Waals surface area contributed by atoms with Crippen LogP contribution in [-0.4, -0.2) is 25.5 Å². The molecule has 0 aromatic rings. The zero-order chi connectivity index (χ0) is 12.7. The van der Waals surface area contributed by atoms with Crippen molar-refractivity contribution in [1.82, 2.24) is 10.6 Å². The van der Waals surface area contributed by atoms with E-state index in [1.54, 1.807) is 0 Å². The standard InChI is InChI=1S/C14H28N2O/c1-4-6-7-12(5-2)10-16-13(17)14(3)8-9-15-11-14/h12,15H,4-11H2,1-3H3,(H,16,17). The van der Waals surface area contributed by atoms with Crippen LogP contribution in [0.2, 0.25) is 0 Å². The summed E-state index contributed by atoms with van der Waals surface area (Å²) in [4.78, 5) is 12.1. The number of carbonyl (C=O) groups is 1. The van der Waals surface area contributed by atoms with Crippen molar-refractivity contribution in [2.24, 2.45) is 11.3 Å². The summed E-state index contributed by atoms with van der Waals surface area (Å²) in [7, 11) is 0.